The monoisotopic (exact) mass is 460 g/mol. The highest BCUT2D eigenvalue weighted by Gasteiger charge is 2.20. The van der Waals surface area contributed by atoms with Gasteiger partial charge in [0.2, 0.25) is 11.8 Å². The third-order valence-electron chi connectivity index (χ3n) is 5.11. The number of carbonyl (C=O) groups excluding carboxylic acids is 3. The molecule has 0 atom stereocenters. The first-order valence-electron chi connectivity index (χ1n) is 10.6. The Balaban J connectivity index is 1.61. The number of amides is 2. The van der Waals surface area contributed by atoms with Crippen LogP contribution in [-0.4, -0.2) is 50.8 Å². The summed E-state index contributed by atoms with van der Waals surface area (Å²) in [6.07, 6.45) is 5.70. The van der Waals surface area contributed by atoms with Crippen LogP contribution in [0.4, 0.5) is 5.69 Å². The average molecular weight is 461 g/mol. The van der Waals surface area contributed by atoms with E-state index in [0.29, 0.717) is 16.5 Å². The molecule has 32 heavy (non-hydrogen) atoms. The lowest BCUT2D eigenvalue weighted by Gasteiger charge is -2.15. The highest BCUT2D eigenvalue weighted by Crippen LogP contribution is 2.22. The van der Waals surface area contributed by atoms with Crippen LogP contribution < -0.4 is 10.6 Å². The molecule has 172 valence electrons. The highest BCUT2D eigenvalue weighted by atomic mass is 32.2. The Morgan fingerprint density at radius 2 is 1.97 bits per heavy atom. The molecular weight excluding hydrogens is 432 g/mol. The number of aliphatic hydroxyl groups excluding tert-OH is 1. The Kier molecular flexibility index (Phi) is 8.69. The predicted molar refractivity (Wildman–Crippen MR) is 120 cm³/mol. The molecule has 2 amide bonds. The number of aromatic nitrogens is 2. The number of imidazole rings is 1. The number of ether oxygens (including phenoxy) is 1. The summed E-state index contributed by atoms with van der Waals surface area (Å²) < 4.78 is 6.64. The third kappa shape index (κ3) is 6.33. The van der Waals surface area contributed by atoms with Crippen molar-refractivity contribution in [1.29, 1.82) is 0 Å². The molecule has 0 saturated heterocycles. The number of esters is 1. The summed E-state index contributed by atoms with van der Waals surface area (Å²) in [7, 11) is 0. The molecule has 0 spiro atoms. The lowest BCUT2D eigenvalue weighted by atomic mass is 10.2. The number of hydrogen-bond donors (Lipinski definition) is 3. The number of anilines is 1. The molecule has 1 saturated carbocycles. The summed E-state index contributed by atoms with van der Waals surface area (Å²) in [4.78, 5) is 41.3. The second-order valence-corrected chi connectivity index (χ2v) is 8.37. The zero-order chi connectivity index (χ0) is 22.9. The van der Waals surface area contributed by atoms with Gasteiger partial charge < -0.3 is 25.0 Å². The second-order valence-electron chi connectivity index (χ2n) is 7.43. The molecule has 0 radical (unpaired) electrons. The van der Waals surface area contributed by atoms with Gasteiger partial charge >= 0.3 is 5.97 Å². The van der Waals surface area contributed by atoms with Crippen LogP contribution in [0.5, 0.6) is 0 Å². The first kappa shape index (κ1) is 23.8. The minimum Gasteiger partial charge on any atom is -0.462 e. The molecule has 0 unspecified atom stereocenters. The molecule has 1 aliphatic rings. The molecule has 9 nitrogen and oxygen atoms in total. The molecule has 3 N–H and O–H groups in total. The quantitative estimate of drug-likeness (QED) is 0.367. The van der Waals surface area contributed by atoms with Crippen molar-refractivity contribution in [2.75, 3.05) is 17.7 Å². The Morgan fingerprint density at radius 3 is 2.69 bits per heavy atom. The first-order chi connectivity index (χ1) is 15.5. The number of nitrogens with one attached hydrogen (secondary N) is 2. The maximum absolute atomic E-state index is 12.5. The lowest BCUT2D eigenvalue weighted by molar-refractivity contribution is -0.122. The number of thioether (sulfide) groups is 1. The van der Waals surface area contributed by atoms with Crippen molar-refractivity contribution in [2.45, 2.75) is 57.0 Å². The maximum atomic E-state index is 12.5. The van der Waals surface area contributed by atoms with Crippen molar-refractivity contribution in [3.8, 4) is 0 Å². The van der Waals surface area contributed by atoms with Crippen LogP contribution >= 0.6 is 11.8 Å². The summed E-state index contributed by atoms with van der Waals surface area (Å²) in [6.45, 7) is 1.72. The van der Waals surface area contributed by atoms with Crippen LogP contribution in [0, 0.1) is 0 Å². The maximum Gasteiger partial charge on any atom is 0.340 e. The average Bonchev–Trinajstić information content (AvgIpc) is 3.42. The van der Waals surface area contributed by atoms with Crippen molar-refractivity contribution < 1.29 is 24.2 Å². The number of benzene rings is 1. The van der Waals surface area contributed by atoms with E-state index in [4.69, 9.17) is 4.74 Å². The van der Waals surface area contributed by atoms with E-state index in [2.05, 4.69) is 15.6 Å². The number of nitrogens with zero attached hydrogens (tertiary/aromatic N) is 2. The van der Waals surface area contributed by atoms with E-state index in [0.717, 1.165) is 37.4 Å². The molecule has 1 heterocycles. The van der Waals surface area contributed by atoms with Gasteiger partial charge in [-0.2, -0.15) is 0 Å². The van der Waals surface area contributed by atoms with Crippen LogP contribution in [0.1, 0.15) is 48.7 Å². The Labute approximate surface area is 190 Å². The topological polar surface area (TPSA) is 123 Å². The van der Waals surface area contributed by atoms with Gasteiger partial charge in [-0.15, -0.1) is 0 Å². The molecule has 1 aliphatic carbocycles. The SMILES string of the molecule is CCOC(=O)c1ccccc1NC(=O)CSc1ncc(CO)n1CC(=O)NC1CCCC1. The largest absolute Gasteiger partial charge is 0.462 e. The lowest BCUT2D eigenvalue weighted by Crippen LogP contribution is -2.35. The van der Waals surface area contributed by atoms with Gasteiger partial charge in [-0.1, -0.05) is 36.7 Å². The van der Waals surface area contributed by atoms with E-state index in [9.17, 15) is 19.5 Å². The van der Waals surface area contributed by atoms with Gasteiger partial charge in [0.25, 0.3) is 0 Å². The fraction of sp³-hybridized carbons (Fsp3) is 0.455. The Hall–Kier alpha value is -2.85. The van der Waals surface area contributed by atoms with Crippen LogP contribution in [0.2, 0.25) is 0 Å². The number of rotatable bonds is 10. The van der Waals surface area contributed by atoms with Gasteiger partial charge in [-0.05, 0) is 31.9 Å². The van der Waals surface area contributed by atoms with Gasteiger partial charge in [-0.25, -0.2) is 9.78 Å². The highest BCUT2D eigenvalue weighted by molar-refractivity contribution is 7.99. The standard InChI is InChI=1S/C22H28N4O5S/c1-2-31-21(30)17-9-5-6-10-18(17)25-20(29)14-32-22-23-11-16(13-27)26(22)12-19(28)24-15-7-3-4-8-15/h5-6,9-11,15,27H,2-4,7-8,12-14H2,1H3,(H,24,28)(H,25,29). The smallest absolute Gasteiger partial charge is 0.340 e. The molecule has 0 bridgehead atoms. The third-order valence-corrected chi connectivity index (χ3v) is 6.10. The first-order valence-corrected chi connectivity index (χ1v) is 11.6. The number of aliphatic hydroxyl groups is 1. The molecule has 3 rings (SSSR count). The Bertz CT molecular complexity index is 956. The van der Waals surface area contributed by atoms with Crippen molar-refractivity contribution in [3.05, 3.63) is 41.7 Å². The molecule has 2 aromatic rings. The van der Waals surface area contributed by atoms with Crippen molar-refractivity contribution in [3.63, 3.8) is 0 Å². The van der Waals surface area contributed by atoms with Gasteiger partial charge in [-0.3, -0.25) is 9.59 Å². The summed E-state index contributed by atoms with van der Waals surface area (Å²) in [5.41, 5.74) is 1.15. The summed E-state index contributed by atoms with van der Waals surface area (Å²) >= 11 is 1.15. The Morgan fingerprint density at radius 1 is 1.22 bits per heavy atom. The normalized spacial score (nSPS) is 13.7. The number of carbonyl (C=O) groups is 3. The van der Waals surface area contributed by atoms with Crippen molar-refractivity contribution >= 4 is 35.2 Å². The van der Waals surface area contributed by atoms with E-state index in [1.807, 2.05) is 0 Å². The van der Waals surface area contributed by atoms with Crippen LogP contribution in [0.3, 0.4) is 0 Å². The van der Waals surface area contributed by atoms with E-state index in [1.54, 1.807) is 35.8 Å². The molecule has 0 aliphatic heterocycles. The zero-order valence-electron chi connectivity index (χ0n) is 18.0. The van der Waals surface area contributed by atoms with Gasteiger partial charge in [0, 0.05) is 6.04 Å². The van der Waals surface area contributed by atoms with Crippen LogP contribution in [-0.2, 0) is 27.5 Å². The fourth-order valence-electron chi connectivity index (χ4n) is 3.58. The minimum atomic E-state index is -0.507. The molecule has 1 fully saturated rings. The summed E-state index contributed by atoms with van der Waals surface area (Å²) in [6, 6.07) is 6.83. The van der Waals surface area contributed by atoms with E-state index >= 15 is 0 Å². The molecule has 1 aromatic heterocycles. The number of para-hydroxylation sites is 1. The molecular formula is C22H28N4O5S. The molecule has 1 aromatic carbocycles. The van der Waals surface area contributed by atoms with E-state index < -0.39 is 5.97 Å². The van der Waals surface area contributed by atoms with E-state index in [1.165, 1.54) is 6.20 Å². The van der Waals surface area contributed by atoms with Crippen LogP contribution in [0.15, 0.2) is 35.6 Å². The van der Waals surface area contributed by atoms with Gasteiger partial charge in [0.05, 0.1) is 42.1 Å². The van der Waals surface area contributed by atoms with Gasteiger partial charge in [0.15, 0.2) is 5.16 Å². The zero-order valence-corrected chi connectivity index (χ0v) is 18.8. The van der Waals surface area contributed by atoms with E-state index in [-0.39, 0.29) is 48.9 Å². The minimum absolute atomic E-state index is 0.0171. The van der Waals surface area contributed by atoms with Crippen LogP contribution in [0.25, 0.3) is 0 Å². The molecule has 10 heteroatoms. The number of hydrogen-bond acceptors (Lipinski definition) is 7. The second kappa shape index (κ2) is 11.7. The van der Waals surface area contributed by atoms with Crippen molar-refractivity contribution in [1.82, 2.24) is 14.9 Å². The predicted octanol–water partition coefficient (Wildman–Crippen LogP) is 2.34. The van der Waals surface area contributed by atoms with Crippen molar-refractivity contribution in [2.24, 2.45) is 0 Å². The summed E-state index contributed by atoms with van der Waals surface area (Å²) in [5.74, 6) is -0.961. The fourth-order valence-corrected chi connectivity index (χ4v) is 4.38. The summed E-state index contributed by atoms with van der Waals surface area (Å²) in [5, 5.41) is 15.8. The van der Waals surface area contributed by atoms with Gasteiger partial charge in [0.1, 0.15) is 6.54 Å².